The molecule has 3 amide bonds. The Hall–Kier alpha value is -3.22. The number of carbonyl (C=O) groups excluding carboxylic acids is 3. The van der Waals surface area contributed by atoms with Crippen LogP contribution in [0, 0.1) is 11.8 Å². The Morgan fingerprint density at radius 3 is 2.58 bits per heavy atom. The Bertz CT molecular complexity index is 914. The molecule has 1 aliphatic carbocycles. The van der Waals surface area contributed by atoms with E-state index in [1.165, 1.54) is 0 Å². The van der Waals surface area contributed by atoms with Gasteiger partial charge in [0, 0.05) is 23.5 Å². The molecule has 3 N–H and O–H groups in total. The minimum atomic E-state index is -0.723. The largest absolute Gasteiger partial charge is 0.346 e. The van der Waals surface area contributed by atoms with Gasteiger partial charge in [0.2, 0.25) is 0 Å². The number of pyridine rings is 1. The minimum absolute atomic E-state index is 0.0238. The van der Waals surface area contributed by atoms with Crippen LogP contribution in [-0.2, 0) is 16.1 Å². The molecular formula is C24H30N4O3. The summed E-state index contributed by atoms with van der Waals surface area (Å²) in [6.45, 7) is 4.61. The third-order valence-electron chi connectivity index (χ3n) is 5.74. The molecule has 7 nitrogen and oxygen atoms in total. The number of hydrogen-bond acceptors (Lipinski definition) is 4. The molecule has 1 saturated carbocycles. The van der Waals surface area contributed by atoms with Crippen LogP contribution in [0.15, 0.2) is 48.7 Å². The van der Waals surface area contributed by atoms with Crippen LogP contribution in [0.2, 0.25) is 0 Å². The van der Waals surface area contributed by atoms with Gasteiger partial charge in [0.05, 0.1) is 12.2 Å². The summed E-state index contributed by atoms with van der Waals surface area (Å²) in [5, 5.41) is 8.30. The summed E-state index contributed by atoms with van der Waals surface area (Å²) in [5.41, 5.74) is 1.54. The van der Waals surface area contributed by atoms with Crippen LogP contribution in [0.3, 0.4) is 0 Å². The summed E-state index contributed by atoms with van der Waals surface area (Å²) in [6, 6.07) is 12.0. The highest BCUT2D eigenvalue weighted by Gasteiger charge is 2.30. The van der Waals surface area contributed by atoms with Gasteiger partial charge in [-0.15, -0.1) is 0 Å². The average Bonchev–Trinajstić information content (AvgIpc) is 2.78. The predicted octanol–water partition coefficient (Wildman–Crippen LogP) is 3.28. The van der Waals surface area contributed by atoms with Crippen molar-refractivity contribution in [2.24, 2.45) is 11.8 Å². The molecule has 1 fully saturated rings. The van der Waals surface area contributed by atoms with Crippen molar-refractivity contribution >= 4 is 23.4 Å². The number of amides is 3. The number of anilines is 1. The van der Waals surface area contributed by atoms with Gasteiger partial charge < -0.3 is 16.0 Å². The van der Waals surface area contributed by atoms with E-state index in [1.54, 1.807) is 30.5 Å². The number of rotatable bonds is 6. The third kappa shape index (κ3) is 6.38. The van der Waals surface area contributed by atoms with Gasteiger partial charge in [0.25, 0.3) is 5.91 Å². The molecule has 3 rings (SSSR count). The van der Waals surface area contributed by atoms with Crippen LogP contribution < -0.4 is 16.0 Å². The Balaban J connectivity index is 1.56. The number of nitrogens with one attached hydrogen (secondary N) is 3. The molecule has 2 unspecified atom stereocenters. The molecule has 164 valence electrons. The van der Waals surface area contributed by atoms with Gasteiger partial charge >= 0.3 is 11.8 Å². The van der Waals surface area contributed by atoms with Crippen LogP contribution in [0.1, 0.15) is 55.6 Å². The monoisotopic (exact) mass is 422 g/mol. The topological polar surface area (TPSA) is 100 Å². The summed E-state index contributed by atoms with van der Waals surface area (Å²) >= 11 is 0. The highest BCUT2D eigenvalue weighted by molar-refractivity contribution is 6.39. The molecule has 2 aromatic rings. The molecule has 0 radical (unpaired) electrons. The number of carbonyl (C=O) groups is 3. The number of hydrogen-bond donors (Lipinski definition) is 3. The van der Waals surface area contributed by atoms with E-state index in [2.05, 4.69) is 34.8 Å². The zero-order chi connectivity index (χ0) is 22.2. The van der Waals surface area contributed by atoms with Crippen LogP contribution in [0.4, 0.5) is 5.69 Å². The SMILES string of the molecule is CC(C)C1CCCCC1NC(=O)C(=O)Nc1cccc(C(=O)NCc2ccccn2)c1. The maximum Gasteiger partial charge on any atom is 0.313 e. The first kappa shape index (κ1) is 22.5. The molecule has 1 aromatic heterocycles. The first-order valence-corrected chi connectivity index (χ1v) is 10.8. The summed E-state index contributed by atoms with van der Waals surface area (Å²) in [4.78, 5) is 41.5. The van der Waals surface area contributed by atoms with Crippen molar-refractivity contribution in [2.75, 3.05) is 5.32 Å². The maximum atomic E-state index is 12.5. The molecule has 0 bridgehead atoms. The molecule has 0 spiro atoms. The minimum Gasteiger partial charge on any atom is -0.346 e. The molecule has 1 aromatic carbocycles. The normalized spacial score (nSPS) is 18.3. The fraction of sp³-hybridized carbons (Fsp3) is 0.417. The number of benzene rings is 1. The van der Waals surface area contributed by atoms with E-state index in [0.717, 1.165) is 31.4 Å². The summed E-state index contributed by atoms with van der Waals surface area (Å²) in [6.07, 6.45) is 5.86. The Morgan fingerprint density at radius 2 is 1.84 bits per heavy atom. The molecule has 1 aliphatic rings. The van der Waals surface area contributed by atoms with Crippen molar-refractivity contribution in [1.82, 2.24) is 15.6 Å². The Kier molecular flexibility index (Phi) is 7.76. The molecule has 0 saturated heterocycles. The van der Waals surface area contributed by atoms with Gasteiger partial charge in [-0.3, -0.25) is 19.4 Å². The van der Waals surface area contributed by atoms with Gasteiger partial charge in [-0.2, -0.15) is 0 Å². The molecule has 1 heterocycles. The molecule has 7 heteroatoms. The second-order valence-electron chi connectivity index (χ2n) is 8.31. The highest BCUT2D eigenvalue weighted by Crippen LogP contribution is 2.30. The van der Waals surface area contributed by atoms with E-state index in [0.29, 0.717) is 29.6 Å². The number of nitrogens with zero attached hydrogens (tertiary/aromatic N) is 1. The third-order valence-corrected chi connectivity index (χ3v) is 5.74. The zero-order valence-corrected chi connectivity index (χ0v) is 18.1. The summed E-state index contributed by atoms with van der Waals surface area (Å²) < 4.78 is 0. The quantitative estimate of drug-likeness (QED) is 0.622. The molecule has 2 atom stereocenters. The maximum absolute atomic E-state index is 12.5. The van der Waals surface area contributed by atoms with Crippen molar-refractivity contribution in [3.63, 3.8) is 0 Å². The first-order valence-electron chi connectivity index (χ1n) is 10.8. The Labute approximate surface area is 183 Å². The van der Waals surface area contributed by atoms with E-state index < -0.39 is 11.8 Å². The molecule has 31 heavy (non-hydrogen) atoms. The van der Waals surface area contributed by atoms with Crippen molar-refractivity contribution in [1.29, 1.82) is 0 Å². The lowest BCUT2D eigenvalue weighted by Gasteiger charge is -2.34. The van der Waals surface area contributed by atoms with Gasteiger partial charge in [-0.1, -0.05) is 38.8 Å². The number of aromatic nitrogens is 1. The fourth-order valence-corrected chi connectivity index (χ4v) is 4.07. The van der Waals surface area contributed by atoms with E-state index in [9.17, 15) is 14.4 Å². The highest BCUT2D eigenvalue weighted by atomic mass is 16.2. The fourth-order valence-electron chi connectivity index (χ4n) is 4.07. The summed E-state index contributed by atoms with van der Waals surface area (Å²) in [7, 11) is 0. The van der Waals surface area contributed by atoms with Gasteiger partial charge in [-0.05, 0) is 55.0 Å². The lowest BCUT2D eigenvalue weighted by Crippen LogP contribution is -2.47. The second kappa shape index (κ2) is 10.7. The lowest BCUT2D eigenvalue weighted by molar-refractivity contribution is -0.137. The van der Waals surface area contributed by atoms with Crippen molar-refractivity contribution in [3.05, 3.63) is 59.9 Å². The first-order chi connectivity index (χ1) is 14.9. The van der Waals surface area contributed by atoms with Gasteiger partial charge in [-0.25, -0.2) is 0 Å². The van der Waals surface area contributed by atoms with Crippen molar-refractivity contribution in [2.45, 2.75) is 52.1 Å². The van der Waals surface area contributed by atoms with Crippen LogP contribution in [0.5, 0.6) is 0 Å². The van der Waals surface area contributed by atoms with E-state index in [1.807, 2.05) is 18.2 Å². The van der Waals surface area contributed by atoms with E-state index in [4.69, 9.17) is 0 Å². The second-order valence-corrected chi connectivity index (χ2v) is 8.31. The summed E-state index contributed by atoms with van der Waals surface area (Å²) in [5.74, 6) is -0.804. The average molecular weight is 423 g/mol. The predicted molar refractivity (Wildman–Crippen MR) is 119 cm³/mol. The zero-order valence-electron chi connectivity index (χ0n) is 18.1. The van der Waals surface area contributed by atoms with Crippen LogP contribution in [0.25, 0.3) is 0 Å². The van der Waals surface area contributed by atoms with Crippen LogP contribution >= 0.6 is 0 Å². The lowest BCUT2D eigenvalue weighted by atomic mass is 9.78. The Morgan fingerprint density at radius 1 is 1.03 bits per heavy atom. The van der Waals surface area contributed by atoms with Crippen molar-refractivity contribution in [3.8, 4) is 0 Å². The smallest absolute Gasteiger partial charge is 0.313 e. The van der Waals surface area contributed by atoms with Gasteiger partial charge in [0.15, 0.2) is 0 Å². The van der Waals surface area contributed by atoms with Crippen LogP contribution in [-0.4, -0.2) is 28.7 Å². The molecule has 0 aliphatic heterocycles. The molecular weight excluding hydrogens is 392 g/mol. The van der Waals surface area contributed by atoms with E-state index in [-0.39, 0.29) is 11.9 Å². The standard InChI is InChI=1S/C24H30N4O3/c1-16(2)20-11-3-4-12-21(20)28-24(31)23(30)27-18-10-7-8-17(14-18)22(29)26-15-19-9-5-6-13-25-19/h5-10,13-14,16,20-21H,3-4,11-12,15H2,1-2H3,(H,26,29)(H,27,30)(H,28,31). The van der Waals surface area contributed by atoms with Crippen molar-refractivity contribution < 1.29 is 14.4 Å². The van der Waals surface area contributed by atoms with E-state index >= 15 is 0 Å². The van der Waals surface area contributed by atoms with Gasteiger partial charge in [0.1, 0.15) is 0 Å².